The van der Waals surface area contributed by atoms with Crippen LogP contribution in [0.5, 0.6) is 0 Å². The average molecular weight is 269 g/mol. The summed E-state index contributed by atoms with van der Waals surface area (Å²) in [6.07, 6.45) is 1.12. The van der Waals surface area contributed by atoms with Gasteiger partial charge in [0, 0.05) is 38.1 Å². The number of amides is 2. The van der Waals surface area contributed by atoms with E-state index in [1.165, 1.54) is 0 Å². The SMILES string of the molecule is CC(C)N(CCNC(=O)C1CCC(=O)NC1)C(C)C. The van der Waals surface area contributed by atoms with E-state index in [-0.39, 0.29) is 17.7 Å². The smallest absolute Gasteiger partial charge is 0.224 e. The highest BCUT2D eigenvalue weighted by molar-refractivity contribution is 5.83. The molecule has 5 heteroatoms. The molecule has 0 aromatic rings. The Morgan fingerprint density at radius 1 is 1.37 bits per heavy atom. The maximum atomic E-state index is 11.9. The molecule has 0 saturated carbocycles. The van der Waals surface area contributed by atoms with Crippen molar-refractivity contribution >= 4 is 11.8 Å². The number of hydrogen-bond donors (Lipinski definition) is 2. The second-order valence-electron chi connectivity index (χ2n) is 5.76. The number of piperidine rings is 1. The van der Waals surface area contributed by atoms with Gasteiger partial charge in [0.15, 0.2) is 0 Å². The van der Waals surface area contributed by atoms with E-state index in [0.717, 1.165) is 6.54 Å². The maximum absolute atomic E-state index is 11.9. The van der Waals surface area contributed by atoms with E-state index in [9.17, 15) is 9.59 Å². The van der Waals surface area contributed by atoms with Crippen LogP contribution in [0, 0.1) is 5.92 Å². The van der Waals surface area contributed by atoms with Crippen molar-refractivity contribution in [1.29, 1.82) is 0 Å². The molecule has 1 saturated heterocycles. The van der Waals surface area contributed by atoms with E-state index in [0.29, 0.717) is 38.0 Å². The number of nitrogens with zero attached hydrogens (tertiary/aromatic N) is 1. The van der Waals surface area contributed by atoms with Crippen LogP contribution in [0.4, 0.5) is 0 Å². The molecule has 110 valence electrons. The molecular weight excluding hydrogens is 242 g/mol. The van der Waals surface area contributed by atoms with Crippen molar-refractivity contribution < 1.29 is 9.59 Å². The Bertz CT molecular complexity index is 298. The van der Waals surface area contributed by atoms with Crippen LogP contribution < -0.4 is 10.6 Å². The highest BCUT2D eigenvalue weighted by Gasteiger charge is 2.24. The Morgan fingerprint density at radius 2 is 2.00 bits per heavy atom. The van der Waals surface area contributed by atoms with E-state index in [1.54, 1.807) is 0 Å². The molecule has 0 aromatic carbocycles. The van der Waals surface area contributed by atoms with Crippen molar-refractivity contribution in [1.82, 2.24) is 15.5 Å². The van der Waals surface area contributed by atoms with Gasteiger partial charge in [-0.05, 0) is 34.1 Å². The molecule has 1 aliphatic heterocycles. The zero-order valence-electron chi connectivity index (χ0n) is 12.5. The number of hydrogen-bond acceptors (Lipinski definition) is 3. The zero-order valence-corrected chi connectivity index (χ0v) is 12.5. The van der Waals surface area contributed by atoms with E-state index >= 15 is 0 Å². The van der Waals surface area contributed by atoms with Gasteiger partial charge in [0.25, 0.3) is 0 Å². The molecule has 0 spiro atoms. The van der Waals surface area contributed by atoms with Gasteiger partial charge < -0.3 is 10.6 Å². The lowest BCUT2D eigenvalue weighted by Crippen LogP contribution is -2.46. The van der Waals surface area contributed by atoms with Crippen LogP contribution in [-0.2, 0) is 9.59 Å². The lowest BCUT2D eigenvalue weighted by atomic mass is 9.98. The van der Waals surface area contributed by atoms with E-state index in [4.69, 9.17) is 0 Å². The third kappa shape index (κ3) is 5.19. The zero-order chi connectivity index (χ0) is 14.4. The van der Waals surface area contributed by atoms with E-state index in [1.807, 2.05) is 0 Å². The first-order chi connectivity index (χ1) is 8.91. The number of carbonyl (C=O) groups is 2. The lowest BCUT2D eigenvalue weighted by Gasteiger charge is -2.30. The number of carbonyl (C=O) groups excluding carboxylic acids is 2. The minimum Gasteiger partial charge on any atom is -0.355 e. The fraction of sp³-hybridized carbons (Fsp3) is 0.857. The summed E-state index contributed by atoms with van der Waals surface area (Å²) in [4.78, 5) is 25.3. The molecule has 1 heterocycles. The molecule has 1 rings (SSSR count). The van der Waals surface area contributed by atoms with Crippen LogP contribution >= 0.6 is 0 Å². The highest BCUT2D eigenvalue weighted by Crippen LogP contribution is 2.10. The van der Waals surface area contributed by atoms with Gasteiger partial charge in [0.2, 0.25) is 11.8 Å². The van der Waals surface area contributed by atoms with Crippen LogP contribution in [0.25, 0.3) is 0 Å². The summed E-state index contributed by atoms with van der Waals surface area (Å²) in [5.74, 6) is 0.0477. The molecule has 1 aliphatic rings. The van der Waals surface area contributed by atoms with Gasteiger partial charge in [0.05, 0.1) is 5.92 Å². The van der Waals surface area contributed by atoms with Crippen molar-refractivity contribution in [2.75, 3.05) is 19.6 Å². The van der Waals surface area contributed by atoms with Gasteiger partial charge in [0.1, 0.15) is 0 Å². The summed E-state index contributed by atoms with van der Waals surface area (Å²) in [7, 11) is 0. The predicted octanol–water partition coefficient (Wildman–Crippen LogP) is 0.748. The Hall–Kier alpha value is -1.10. The molecule has 2 N–H and O–H groups in total. The Kier molecular flexibility index (Phi) is 6.28. The lowest BCUT2D eigenvalue weighted by molar-refractivity contribution is -0.129. The van der Waals surface area contributed by atoms with Gasteiger partial charge in [-0.1, -0.05) is 0 Å². The average Bonchev–Trinajstić information content (AvgIpc) is 2.34. The molecule has 2 amide bonds. The summed E-state index contributed by atoms with van der Waals surface area (Å²) >= 11 is 0. The third-order valence-electron chi connectivity index (χ3n) is 3.63. The molecule has 1 unspecified atom stereocenters. The molecule has 19 heavy (non-hydrogen) atoms. The first-order valence-electron chi connectivity index (χ1n) is 7.22. The highest BCUT2D eigenvalue weighted by atomic mass is 16.2. The van der Waals surface area contributed by atoms with Crippen molar-refractivity contribution in [3.63, 3.8) is 0 Å². The van der Waals surface area contributed by atoms with Crippen LogP contribution in [-0.4, -0.2) is 48.4 Å². The molecular formula is C14H27N3O2. The van der Waals surface area contributed by atoms with Gasteiger partial charge in [-0.3, -0.25) is 14.5 Å². The van der Waals surface area contributed by atoms with Crippen molar-refractivity contribution in [2.45, 2.75) is 52.6 Å². The second-order valence-corrected chi connectivity index (χ2v) is 5.76. The fourth-order valence-electron chi connectivity index (χ4n) is 2.52. The Morgan fingerprint density at radius 3 is 2.47 bits per heavy atom. The minimum absolute atomic E-state index is 0.0508. The van der Waals surface area contributed by atoms with E-state index < -0.39 is 0 Å². The largest absolute Gasteiger partial charge is 0.355 e. The van der Waals surface area contributed by atoms with Gasteiger partial charge in [-0.2, -0.15) is 0 Å². The summed E-state index contributed by atoms with van der Waals surface area (Å²) < 4.78 is 0. The molecule has 5 nitrogen and oxygen atoms in total. The Labute approximate surface area is 116 Å². The number of nitrogens with one attached hydrogen (secondary N) is 2. The van der Waals surface area contributed by atoms with E-state index in [2.05, 4.69) is 43.2 Å². The van der Waals surface area contributed by atoms with Gasteiger partial charge in [-0.15, -0.1) is 0 Å². The minimum atomic E-state index is -0.0655. The second kappa shape index (κ2) is 7.48. The molecule has 0 bridgehead atoms. The summed E-state index contributed by atoms with van der Waals surface area (Å²) in [6.45, 7) is 10.7. The first kappa shape index (κ1) is 16.0. The molecule has 1 atom stereocenters. The maximum Gasteiger partial charge on any atom is 0.224 e. The molecule has 1 fully saturated rings. The molecule has 0 radical (unpaired) electrons. The normalized spacial score (nSPS) is 19.9. The number of rotatable bonds is 6. The van der Waals surface area contributed by atoms with Crippen LogP contribution in [0.3, 0.4) is 0 Å². The first-order valence-corrected chi connectivity index (χ1v) is 7.22. The molecule has 0 aliphatic carbocycles. The van der Waals surface area contributed by atoms with Crippen molar-refractivity contribution in [3.05, 3.63) is 0 Å². The van der Waals surface area contributed by atoms with Crippen molar-refractivity contribution in [3.8, 4) is 0 Å². The molecule has 0 aromatic heterocycles. The summed E-state index contributed by atoms with van der Waals surface area (Å²) in [5.41, 5.74) is 0. The third-order valence-corrected chi connectivity index (χ3v) is 3.63. The van der Waals surface area contributed by atoms with Gasteiger partial charge >= 0.3 is 0 Å². The van der Waals surface area contributed by atoms with Crippen LogP contribution in [0.15, 0.2) is 0 Å². The topological polar surface area (TPSA) is 61.4 Å². The predicted molar refractivity (Wildman–Crippen MR) is 75.7 cm³/mol. The van der Waals surface area contributed by atoms with Crippen LogP contribution in [0.2, 0.25) is 0 Å². The van der Waals surface area contributed by atoms with Crippen molar-refractivity contribution in [2.24, 2.45) is 5.92 Å². The fourth-order valence-corrected chi connectivity index (χ4v) is 2.52. The van der Waals surface area contributed by atoms with Crippen LogP contribution in [0.1, 0.15) is 40.5 Å². The summed E-state index contributed by atoms with van der Waals surface area (Å²) in [5, 5.41) is 5.71. The quantitative estimate of drug-likeness (QED) is 0.748. The standard InChI is InChI=1S/C14H27N3O2/c1-10(2)17(11(3)4)8-7-15-14(19)12-5-6-13(18)16-9-12/h10-12H,5-9H2,1-4H3,(H,15,19)(H,16,18). The van der Waals surface area contributed by atoms with Gasteiger partial charge in [-0.25, -0.2) is 0 Å². The monoisotopic (exact) mass is 269 g/mol. The summed E-state index contributed by atoms with van der Waals surface area (Å²) in [6, 6.07) is 0.955. The Balaban J connectivity index is 2.28.